The van der Waals surface area contributed by atoms with E-state index in [1.165, 1.54) is 0 Å². The molecule has 43 heavy (non-hydrogen) atoms. The zero-order valence-electron chi connectivity index (χ0n) is 25.4. The third kappa shape index (κ3) is 9.77. The van der Waals surface area contributed by atoms with Gasteiger partial charge in [-0.25, -0.2) is 14.4 Å². The summed E-state index contributed by atoms with van der Waals surface area (Å²) in [5.41, 5.74) is 5.47. The number of carbonyl (C=O) groups is 3. The lowest BCUT2D eigenvalue weighted by atomic mass is 9.95. The molecule has 0 aliphatic heterocycles. The van der Waals surface area contributed by atoms with E-state index in [0.717, 1.165) is 47.8 Å². The van der Waals surface area contributed by atoms with Gasteiger partial charge in [0, 0.05) is 23.0 Å². The summed E-state index contributed by atoms with van der Waals surface area (Å²) in [5, 5.41) is 0.805. The van der Waals surface area contributed by atoms with Gasteiger partial charge in [-0.3, -0.25) is 4.79 Å². The van der Waals surface area contributed by atoms with Crippen molar-refractivity contribution in [3.05, 3.63) is 106 Å². The van der Waals surface area contributed by atoms with Crippen LogP contribution in [0.5, 0.6) is 0 Å². The Labute approximate surface area is 252 Å². The van der Waals surface area contributed by atoms with Crippen LogP contribution in [0.2, 0.25) is 0 Å². The monoisotopic (exact) mass is 584 g/mol. The summed E-state index contributed by atoms with van der Waals surface area (Å²) in [6.45, 7) is 16.5. The maximum absolute atomic E-state index is 13.0. The molecule has 0 N–H and O–H groups in total. The average Bonchev–Trinajstić information content (AvgIpc) is 2.96. The van der Waals surface area contributed by atoms with E-state index < -0.39 is 17.6 Å². The molecule has 0 unspecified atom stereocenters. The fraction of sp³-hybridized carbons (Fsp3) is 0.333. The predicted octanol–water partition coefficient (Wildman–Crippen LogP) is 7.03. The first kappa shape index (κ1) is 33.0. The van der Waals surface area contributed by atoms with Gasteiger partial charge < -0.3 is 13.9 Å². The molecule has 0 saturated carbocycles. The highest BCUT2D eigenvalue weighted by Crippen LogP contribution is 2.27. The Kier molecular flexibility index (Phi) is 12.0. The van der Waals surface area contributed by atoms with Crippen LogP contribution in [-0.2, 0) is 43.1 Å². The number of benzene rings is 2. The van der Waals surface area contributed by atoms with Crippen LogP contribution in [0, 0.1) is 0 Å². The molecule has 0 amide bonds. The summed E-state index contributed by atoms with van der Waals surface area (Å²) in [4.78, 5) is 48.4. The van der Waals surface area contributed by atoms with Gasteiger partial charge >= 0.3 is 17.6 Å². The molecule has 0 spiro atoms. The molecule has 0 atom stereocenters. The quantitative estimate of drug-likeness (QED) is 0.0771. The second-order valence-corrected chi connectivity index (χ2v) is 10.9. The summed E-state index contributed by atoms with van der Waals surface area (Å²) in [6, 6.07) is 13.1. The average molecular weight is 585 g/mol. The van der Waals surface area contributed by atoms with E-state index in [2.05, 4.69) is 25.8 Å². The first-order valence-corrected chi connectivity index (χ1v) is 14.5. The van der Waals surface area contributed by atoms with Gasteiger partial charge in [-0.05, 0) is 105 Å². The minimum Gasteiger partial charge on any atom is -0.462 e. The highest BCUT2D eigenvalue weighted by molar-refractivity contribution is 5.95. The molecule has 2 aromatic carbocycles. The molecule has 0 bridgehead atoms. The topological polar surface area (TPSA) is 99.9 Å². The summed E-state index contributed by atoms with van der Waals surface area (Å²) in [6.07, 6.45) is 4.69. The summed E-state index contributed by atoms with van der Waals surface area (Å²) in [5.74, 6) is -0.814. The zero-order chi connectivity index (χ0) is 31.5. The number of esters is 2. The number of ketones is 1. The van der Waals surface area contributed by atoms with Crippen molar-refractivity contribution in [2.24, 2.45) is 0 Å². The molecule has 3 rings (SSSR count). The molecule has 7 nitrogen and oxygen atoms in total. The zero-order valence-corrected chi connectivity index (χ0v) is 25.4. The number of fused-ring (bicyclic) bond motifs is 1. The molecule has 7 heteroatoms. The smallest absolute Gasteiger partial charge is 0.344 e. The molecular formula is C36H40O7. The highest BCUT2D eigenvalue weighted by atomic mass is 16.5. The van der Waals surface area contributed by atoms with Crippen LogP contribution in [-0.4, -0.2) is 30.9 Å². The van der Waals surface area contributed by atoms with Crippen molar-refractivity contribution in [3.8, 4) is 11.1 Å². The SMILES string of the molecule is C=C(C)C(=O)Cc1ccc(-c2cc3cc(CCCCOC(=O)C(=C)C)c(CCCCOC(=O)C(=C)C)cc3oc2=O)cc1. The molecule has 0 aliphatic rings. The Morgan fingerprint density at radius 2 is 1.26 bits per heavy atom. The Balaban J connectivity index is 1.81. The van der Waals surface area contributed by atoms with E-state index >= 15 is 0 Å². The van der Waals surface area contributed by atoms with Gasteiger partial charge in [0.15, 0.2) is 5.78 Å². The van der Waals surface area contributed by atoms with E-state index in [0.29, 0.717) is 59.5 Å². The van der Waals surface area contributed by atoms with E-state index in [4.69, 9.17) is 13.9 Å². The van der Waals surface area contributed by atoms with Crippen molar-refractivity contribution in [2.75, 3.05) is 13.2 Å². The van der Waals surface area contributed by atoms with Gasteiger partial charge in [-0.2, -0.15) is 0 Å². The maximum Gasteiger partial charge on any atom is 0.344 e. The lowest BCUT2D eigenvalue weighted by Crippen LogP contribution is -2.07. The van der Waals surface area contributed by atoms with Crippen LogP contribution in [0.4, 0.5) is 0 Å². The van der Waals surface area contributed by atoms with Crippen molar-refractivity contribution < 1.29 is 28.3 Å². The van der Waals surface area contributed by atoms with Crippen molar-refractivity contribution in [1.82, 2.24) is 0 Å². The van der Waals surface area contributed by atoms with Gasteiger partial charge in [0.1, 0.15) is 5.58 Å². The summed E-state index contributed by atoms with van der Waals surface area (Å²) >= 11 is 0. The number of carbonyl (C=O) groups excluding carboxylic acids is 3. The van der Waals surface area contributed by atoms with E-state index in [9.17, 15) is 19.2 Å². The van der Waals surface area contributed by atoms with E-state index in [-0.39, 0.29) is 12.2 Å². The lowest BCUT2D eigenvalue weighted by molar-refractivity contribution is -0.139. The third-order valence-corrected chi connectivity index (χ3v) is 7.00. The number of hydrogen-bond acceptors (Lipinski definition) is 7. The number of ether oxygens (including phenoxy) is 2. The first-order valence-electron chi connectivity index (χ1n) is 14.5. The molecule has 0 aliphatic carbocycles. The first-order chi connectivity index (χ1) is 20.5. The molecule has 1 aromatic heterocycles. The highest BCUT2D eigenvalue weighted by Gasteiger charge is 2.13. The standard InChI is InChI=1S/C36H40O7/c1-23(2)32(37)19-26-13-15-27(16-14-26)31-21-30-20-28(11-7-9-17-41-34(38)24(3)4)29(22-33(30)43-36(31)40)12-8-10-18-42-35(39)25(5)6/h13-16,20-22H,1,3,5,7-12,17-19H2,2,4,6H3. The number of unbranched alkanes of at least 4 members (excludes halogenated alkanes) is 2. The minimum atomic E-state index is -0.442. The van der Waals surface area contributed by atoms with Crippen molar-refractivity contribution in [1.29, 1.82) is 0 Å². The Morgan fingerprint density at radius 3 is 1.77 bits per heavy atom. The third-order valence-electron chi connectivity index (χ3n) is 7.00. The molecule has 0 radical (unpaired) electrons. The molecule has 0 fully saturated rings. The fourth-order valence-corrected chi connectivity index (χ4v) is 4.47. The van der Waals surface area contributed by atoms with Gasteiger partial charge in [0.25, 0.3) is 0 Å². The largest absolute Gasteiger partial charge is 0.462 e. The van der Waals surface area contributed by atoms with E-state index in [1.54, 1.807) is 20.8 Å². The normalized spacial score (nSPS) is 10.8. The molecule has 3 aromatic rings. The summed E-state index contributed by atoms with van der Waals surface area (Å²) < 4.78 is 16.2. The van der Waals surface area contributed by atoms with Crippen LogP contribution < -0.4 is 5.63 Å². The second-order valence-electron chi connectivity index (χ2n) is 10.9. The van der Waals surface area contributed by atoms with Crippen molar-refractivity contribution in [2.45, 2.75) is 65.7 Å². The number of aryl methyl sites for hydroxylation is 2. The predicted molar refractivity (Wildman–Crippen MR) is 169 cm³/mol. The van der Waals surface area contributed by atoms with Crippen LogP contribution >= 0.6 is 0 Å². The molecular weight excluding hydrogens is 544 g/mol. The summed E-state index contributed by atoms with van der Waals surface area (Å²) in [7, 11) is 0. The van der Waals surface area contributed by atoms with Gasteiger partial charge in [-0.15, -0.1) is 0 Å². The van der Waals surface area contributed by atoms with Crippen LogP contribution in [0.25, 0.3) is 22.1 Å². The van der Waals surface area contributed by atoms with Crippen LogP contribution in [0.1, 0.15) is 63.1 Å². The second kappa shape index (κ2) is 15.6. The Hall–Kier alpha value is -4.52. The van der Waals surface area contributed by atoms with Gasteiger partial charge in [0.2, 0.25) is 0 Å². The van der Waals surface area contributed by atoms with Crippen molar-refractivity contribution in [3.63, 3.8) is 0 Å². The lowest BCUT2D eigenvalue weighted by Gasteiger charge is -2.13. The fourth-order valence-electron chi connectivity index (χ4n) is 4.47. The number of rotatable bonds is 16. The molecule has 1 heterocycles. The van der Waals surface area contributed by atoms with Crippen molar-refractivity contribution >= 4 is 28.7 Å². The van der Waals surface area contributed by atoms with Gasteiger partial charge in [-0.1, -0.05) is 44.0 Å². The number of hydrogen-bond donors (Lipinski definition) is 0. The molecule has 0 saturated heterocycles. The van der Waals surface area contributed by atoms with E-state index in [1.807, 2.05) is 36.4 Å². The Morgan fingerprint density at radius 1 is 0.721 bits per heavy atom. The van der Waals surface area contributed by atoms with Crippen LogP contribution in [0.3, 0.4) is 0 Å². The molecule has 226 valence electrons. The minimum absolute atomic E-state index is 0.0249. The number of allylic oxidation sites excluding steroid dienone is 1. The maximum atomic E-state index is 13.0. The Bertz CT molecular complexity index is 1590. The van der Waals surface area contributed by atoms with Crippen LogP contribution in [0.15, 0.2) is 88.1 Å². The number of Topliss-reactive ketones (excluding diaryl/α,β-unsaturated/α-hetero) is 1. The van der Waals surface area contributed by atoms with Gasteiger partial charge in [0.05, 0.1) is 18.8 Å².